The van der Waals surface area contributed by atoms with Gasteiger partial charge in [0.05, 0.1) is 23.9 Å². The van der Waals surface area contributed by atoms with E-state index in [-0.39, 0.29) is 5.91 Å². The molecule has 2 rings (SSSR count). The highest BCUT2D eigenvalue weighted by molar-refractivity contribution is 7.99. The lowest BCUT2D eigenvalue weighted by atomic mass is 10.2. The number of thioether (sulfide) groups is 1. The molecule has 1 heterocycles. The summed E-state index contributed by atoms with van der Waals surface area (Å²) in [6.45, 7) is 0.565. The second-order valence-corrected chi connectivity index (χ2v) is 6.35. The number of nitrogen functional groups attached to an aromatic ring is 1. The molecule has 0 fully saturated rings. The van der Waals surface area contributed by atoms with Crippen LogP contribution >= 0.6 is 23.1 Å². The number of hydrogen-bond acceptors (Lipinski definition) is 5. The van der Waals surface area contributed by atoms with Gasteiger partial charge in [0.2, 0.25) is 0 Å². The van der Waals surface area contributed by atoms with E-state index in [2.05, 4.69) is 11.2 Å². The minimum absolute atomic E-state index is 0.155. The third kappa shape index (κ3) is 3.43. The smallest absolute Gasteiger partial charge is 0.263 e. The molecule has 0 saturated carbocycles. The Morgan fingerprint density at radius 2 is 2.38 bits per heavy atom. The number of carbonyl (C=O) groups excluding carboxylic acids is 1. The summed E-state index contributed by atoms with van der Waals surface area (Å²) < 4.78 is 6.24. The van der Waals surface area contributed by atoms with Crippen molar-refractivity contribution in [3.8, 4) is 18.1 Å². The molecule has 0 bridgehead atoms. The highest BCUT2D eigenvalue weighted by Gasteiger charge is 2.18. The van der Waals surface area contributed by atoms with Crippen LogP contribution in [0.3, 0.4) is 0 Å². The molecule has 1 amide bonds. The number of thiophene rings is 1. The van der Waals surface area contributed by atoms with E-state index in [4.69, 9.17) is 16.9 Å². The first-order valence-corrected chi connectivity index (χ1v) is 8.30. The number of ether oxygens (including phenoxy) is 1. The number of benzene rings is 1. The molecule has 0 unspecified atom stereocenters. The van der Waals surface area contributed by atoms with Crippen LogP contribution in [0.2, 0.25) is 0 Å². The molecular formula is C15H16N2O2S2. The molecule has 2 aromatic rings. The van der Waals surface area contributed by atoms with E-state index < -0.39 is 0 Å². The van der Waals surface area contributed by atoms with Gasteiger partial charge in [0.1, 0.15) is 10.6 Å². The first-order valence-electron chi connectivity index (χ1n) is 6.33. The van der Waals surface area contributed by atoms with Crippen molar-refractivity contribution in [2.75, 3.05) is 30.9 Å². The number of anilines is 1. The Labute approximate surface area is 132 Å². The maximum absolute atomic E-state index is 12.2. The number of amides is 1. The largest absolute Gasteiger partial charge is 0.496 e. The number of methoxy groups -OCH3 is 1. The Kier molecular flexibility index (Phi) is 5.37. The highest BCUT2D eigenvalue weighted by Crippen LogP contribution is 2.39. The zero-order chi connectivity index (χ0) is 15.2. The van der Waals surface area contributed by atoms with Gasteiger partial charge in [-0.15, -0.1) is 29.5 Å². The van der Waals surface area contributed by atoms with Crippen molar-refractivity contribution in [2.24, 2.45) is 0 Å². The van der Waals surface area contributed by atoms with Crippen molar-refractivity contribution < 1.29 is 9.53 Å². The average Bonchev–Trinajstić information content (AvgIpc) is 2.84. The maximum atomic E-state index is 12.2. The Bertz CT molecular complexity index is 689. The molecule has 1 aromatic carbocycles. The topological polar surface area (TPSA) is 64.3 Å². The number of carbonyl (C=O) groups is 1. The van der Waals surface area contributed by atoms with Crippen molar-refractivity contribution in [3.05, 3.63) is 23.1 Å². The van der Waals surface area contributed by atoms with Gasteiger partial charge < -0.3 is 15.8 Å². The summed E-state index contributed by atoms with van der Waals surface area (Å²) in [5, 5.41) is 3.66. The fourth-order valence-corrected chi connectivity index (χ4v) is 3.49. The summed E-state index contributed by atoms with van der Waals surface area (Å²) in [5.41, 5.74) is 6.58. The fourth-order valence-electron chi connectivity index (χ4n) is 1.93. The standard InChI is InChI=1S/C15H16N2O2S2/c1-3-8-20-9-7-17-15(18)14-13(16)12-10(19-2)5-4-6-11(12)21-14/h1,4-6H,7-9,16H2,2H3,(H,17,18). The van der Waals surface area contributed by atoms with Gasteiger partial charge in [-0.3, -0.25) is 4.79 Å². The van der Waals surface area contributed by atoms with E-state index in [0.717, 1.165) is 15.8 Å². The van der Waals surface area contributed by atoms with Crippen LogP contribution in [0, 0.1) is 12.3 Å². The summed E-state index contributed by atoms with van der Waals surface area (Å²) in [6, 6.07) is 5.65. The molecular weight excluding hydrogens is 304 g/mol. The minimum Gasteiger partial charge on any atom is -0.496 e. The molecule has 0 radical (unpaired) electrons. The van der Waals surface area contributed by atoms with Crippen molar-refractivity contribution in [2.45, 2.75) is 0 Å². The first kappa shape index (κ1) is 15.5. The van der Waals surface area contributed by atoms with Crippen LogP contribution in [0.15, 0.2) is 18.2 Å². The van der Waals surface area contributed by atoms with Gasteiger partial charge in [0.15, 0.2) is 0 Å². The molecule has 3 N–H and O–H groups in total. The summed E-state index contributed by atoms with van der Waals surface area (Å²) in [7, 11) is 1.59. The monoisotopic (exact) mass is 320 g/mol. The lowest BCUT2D eigenvalue weighted by Crippen LogP contribution is -2.25. The molecule has 0 aliphatic heterocycles. The molecule has 0 saturated heterocycles. The van der Waals surface area contributed by atoms with E-state index in [1.807, 2.05) is 18.2 Å². The number of rotatable bonds is 6. The zero-order valence-corrected chi connectivity index (χ0v) is 13.3. The molecule has 1 aromatic heterocycles. The maximum Gasteiger partial charge on any atom is 0.263 e. The lowest BCUT2D eigenvalue weighted by molar-refractivity contribution is 0.0961. The number of nitrogens with one attached hydrogen (secondary N) is 1. The molecule has 0 aliphatic rings. The van der Waals surface area contributed by atoms with Crippen LogP contribution in [-0.2, 0) is 0 Å². The van der Waals surface area contributed by atoms with Gasteiger partial charge in [-0.2, -0.15) is 0 Å². The predicted octanol–water partition coefficient (Wildman–Crippen LogP) is 2.59. The van der Waals surface area contributed by atoms with Crippen molar-refractivity contribution in [1.82, 2.24) is 5.32 Å². The van der Waals surface area contributed by atoms with Crippen molar-refractivity contribution in [1.29, 1.82) is 0 Å². The van der Waals surface area contributed by atoms with Crippen LogP contribution in [0.5, 0.6) is 5.75 Å². The van der Waals surface area contributed by atoms with E-state index in [0.29, 0.717) is 28.6 Å². The Balaban J connectivity index is 2.13. The third-order valence-corrected chi connectivity index (χ3v) is 4.89. The summed E-state index contributed by atoms with van der Waals surface area (Å²) in [6.07, 6.45) is 5.17. The summed E-state index contributed by atoms with van der Waals surface area (Å²) in [4.78, 5) is 12.7. The zero-order valence-electron chi connectivity index (χ0n) is 11.6. The fraction of sp³-hybridized carbons (Fsp3) is 0.267. The van der Waals surface area contributed by atoms with Gasteiger partial charge in [-0.1, -0.05) is 12.0 Å². The summed E-state index contributed by atoms with van der Waals surface area (Å²) >= 11 is 2.98. The second-order valence-electron chi connectivity index (χ2n) is 4.19. The van der Waals surface area contributed by atoms with Gasteiger partial charge in [0, 0.05) is 17.0 Å². The summed E-state index contributed by atoms with van der Waals surface area (Å²) in [5.74, 6) is 4.51. The molecule has 0 aliphatic carbocycles. The Hall–Kier alpha value is -1.84. The molecule has 0 atom stereocenters. The van der Waals surface area contributed by atoms with Crippen LogP contribution in [0.1, 0.15) is 9.67 Å². The van der Waals surface area contributed by atoms with E-state index >= 15 is 0 Å². The van der Waals surface area contributed by atoms with Crippen LogP contribution in [0.25, 0.3) is 10.1 Å². The van der Waals surface area contributed by atoms with Crippen LogP contribution < -0.4 is 15.8 Å². The molecule has 110 valence electrons. The van der Waals surface area contributed by atoms with Crippen LogP contribution in [-0.4, -0.2) is 31.1 Å². The molecule has 4 nitrogen and oxygen atoms in total. The minimum atomic E-state index is -0.155. The normalized spacial score (nSPS) is 10.3. The highest BCUT2D eigenvalue weighted by atomic mass is 32.2. The van der Waals surface area contributed by atoms with Gasteiger partial charge >= 0.3 is 0 Å². The quantitative estimate of drug-likeness (QED) is 0.634. The van der Waals surface area contributed by atoms with Gasteiger partial charge in [0.25, 0.3) is 5.91 Å². The van der Waals surface area contributed by atoms with E-state index in [1.165, 1.54) is 11.3 Å². The van der Waals surface area contributed by atoms with Gasteiger partial charge in [-0.05, 0) is 12.1 Å². The Morgan fingerprint density at radius 3 is 3.10 bits per heavy atom. The molecule has 21 heavy (non-hydrogen) atoms. The second kappa shape index (κ2) is 7.25. The average molecular weight is 320 g/mol. The van der Waals surface area contributed by atoms with E-state index in [1.54, 1.807) is 18.9 Å². The molecule has 0 spiro atoms. The Morgan fingerprint density at radius 1 is 1.57 bits per heavy atom. The number of fused-ring (bicyclic) bond motifs is 1. The lowest BCUT2D eigenvalue weighted by Gasteiger charge is -2.04. The molecule has 6 heteroatoms. The van der Waals surface area contributed by atoms with Crippen molar-refractivity contribution >= 4 is 44.8 Å². The van der Waals surface area contributed by atoms with Gasteiger partial charge in [-0.25, -0.2) is 0 Å². The van der Waals surface area contributed by atoms with E-state index in [9.17, 15) is 4.79 Å². The third-order valence-electron chi connectivity index (χ3n) is 2.86. The number of hydrogen-bond donors (Lipinski definition) is 2. The SMILES string of the molecule is C#CCSCCNC(=O)c1sc2cccc(OC)c2c1N. The number of nitrogens with two attached hydrogens (primary N) is 1. The van der Waals surface area contributed by atoms with Crippen LogP contribution in [0.4, 0.5) is 5.69 Å². The first-order chi connectivity index (χ1) is 10.2. The van der Waals surface area contributed by atoms with Crippen molar-refractivity contribution in [3.63, 3.8) is 0 Å². The predicted molar refractivity (Wildman–Crippen MR) is 91.3 cm³/mol. The number of terminal acetylenes is 1.